The number of hydrogen-bond acceptors (Lipinski definition) is 4. The minimum absolute atomic E-state index is 0.0867. The molecule has 7 heteroatoms. The molecule has 1 aromatic heterocycles. The maximum absolute atomic E-state index is 12.0. The first-order chi connectivity index (χ1) is 10.6. The van der Waals surface area contributed by atoms with E-state index in [1.54, 1.807) is 18.2 Å². The lowest BCUT2D eigenvalue weighted by atomic mass is 10.3. The maximum Gasteiger partial charge on any atom is 0.234 e. The van der Waals surface area contributed by atoms with E-state index >= 15 is 0 Å². The second-order valence-electron chi connectivity index (χ2n) is 4.75. The van der Waals surface area contributed by atoms with Gasteiger partial charge in [0.25, 0.3) is 0 Å². The van der Waals surface area contributed by atoms with Crippen molar-refractivity contribution in [1.29, 1.82) is 0 Å². The SMILES string of the molecule is CCCn1c(CC)nnc1SCC(=O)Nc1cccc(Cl)c1. The number of carbonyl (C=O) groups is 1. The van der Waals surface area contributed by atoms with Gasteiger partial charge in [-0.25, -0.2) is 0 Å². The Bertz CT molecular complexity index is 644. The van der Waals surface area contributed by atoms with E-state index in [4.69, 9.17) is 11.6 Å². The molecule has 22 heavy (non-hydrogen) atoms. The van der Waals surface area contributed by atoms with E-state index in [1.165, 1.54) is 11.8 Å². The van der Waals surface area contributed by atoms with Crippen molar-refractivity contribution in [2.75, 3.05) is 11.1 Å². The van der Waals surface area contributed by atoms with Gasteiger partial charge in [-0.2, -0.15) is 0 Å². The summed E-state index contributed by atoms with van der Waals surface area (Å²) in [6.45, 7) is 5.03. The molecule has 1 aromatic carbocycles. The van der Waals surface area contributed by atoms with Crippen LogP contribution in [0.4, 0.5) is 5.69 Å². The smallest absolute Gasteiger partial charge is 0.234 e. The fraction of sp³-hybridized carbons (Fsp3) is 0.400. The summed E-state index contributed by atoms with van der Waals surface area (Å²) in [6, 6.07) is 7.10. The van der Waals surface area contributed by atoms with Crippen molar-refractivity contribution < 1.29 is 4.79 Å². The van der Waals surface area contributed by atoms with Gasteiger partial charge in [0.15, 0.2) is 5.16 Å². The Kier molecular flexibility index (Phi) is 6.27. The van der Waals surface area contributed by atoms with E-state index in [2.05, 4.69) is 33.9 Å². The summed E-state index contributed by atoms with van der Waals surface area (Å²) in [7, 11) is 0. The first-order valence-electron chi connectivity index (χ1n) is 7.24. The van der Waals surface area contributed by atoms with Crippen LogP contribution >= 0.6 is 23.4 Å². The first-order valence-corrected chi connectivity index (χ1v) is 8.60. The van der Waals surface area contributed by atoms with E-state index in [-0.39, 0.29) is 11.7 Å². The van der Waals surface area contributed by atoms with Crippen LogP contribution in [0.1, 0.15) is 26.1 Å². The van der Waals surface area contributed by atoms with Crippen molar-refractivity contribution in [2.24, 2.45) is 0 Å². The molecule has 0 spiro atoms. The first kappa shape index (κ1) is 16.8. The van der Waals surface area contributed by atoms with E-state index < -0.39 is 0 Å². The van der Waals surface area contributed by atoms with Crippen molar-refractivity contribution in [3.8, 4) is 0 Å². The van der Waals surface area contributed by atoms with Crippen LogP contribution in [0.25, 0.3) is 0 Å². The van der Waals surface area contributed by atoms with Crippen LogP contribution in [-0.2, 0) is 17.8 Å². The van der Waals surface area contributed by atoms with Crippen LogP contribution in [0.15, 0.2) is 29.4 Å². The van der Waals surface area contributed by atoms with E-state index in [0.29, 0.717) is 10.7 Å². The van der Waals surface area contributed by atoms with Gasteiger partial charge in [0.2, 0.25) is 5.91 Å². The van der Waals surface area contributed by atoms with Gasteiger partial charge in [-0.1, -0.05) is 43.3 Å². The van der Waals surface area contributed by atoms with Crippen LogP contribution in [0.2, 0.25) is 5.02 Å². The molecule has 0 bridgehead atoms. The number of nitrogens with zero attached hydrogens (tertiary/aromatic N) is 3. The summed E-state index contributed by atoms with van der Waals surface area (Å²) in [6.07, 6.45) is 1.84. The Morgan fingerprint density at radius 2 is 2.18 bits per heavy atom. The van der Waals surface area contributed by atoms with Crippen molar-refractivity contribution in [3.05, 3.63) is 35.1 Å². The van der Waals surface area contributed by atoms with Crippen molar-refractivity contribution in [1.82, 2.24) is 14.8 Å². The summed E-state index contributed by atoms with van der Waals surface area (Å²) in [5.41, 5.74) is 0.697. The number of hydrogen-bond donors (Lipinski definition) is 1. The van der Waals surface area contributed by atoms with Gasteiger partial charge in [0.05, 0.1) is 5.75 Å². The second-order valence-corrected chi connectivity index (χ2v) is 6.13. The molecule has 5 nitrogen and oxygen atoms in total. The number of rotatable bonds is 7. The summed E-state index contributed by atoms with van der Waals surface area (Å²) >= 11 is 7.30. The van der Waals surface area contributed by atoms with Gasteiger partial charge in [-0.15, -0.1) is 10.2 Å². The normalized spacial score (nSPS) is 10.7. The number of carbonyl (C=O) groups excluding carboxylic acids is 1. The van der Waals surface area contributed by atoms with Crippen LogP contribution in [0, 0.1) is 0 Å². The molecule has 118 valence electrons. The topological polar surface area (TPSA) is 59.8 Å². The highest BCUT2D eigenvalue weighted by Crippen LogP contribution is 2.19. The quantitative estimate of drug-likeness (QED) is 0.783. The summed E-state index contributed by atoms with van der Waals surface area (Å²) in [5, 5.41) is 12.6. The molecule has 0 unspecified atom stereocenters. The minimum atomic E-state index is -0.0867. The molecule has 0 fully saturated rings. The van der Waals surface area contributed by atoms with Gasteiger partial charge in [-0.3, -0.25) is 4.79 Å². The number of anilines is 1. The molecule has 0 saturated heterocycles. The number of nitrogens with one attached hydrogen (secondary N) is 1. The Labute approximate surface area is 139 Å². The van der Waals surface area contributed by atoms with Gasteiger partial charge in [0, 0.05) is 23.7 Å². The van der Waals surface area contributed by atoms with Crippen LogP contribution in [-0.4, -0.2) is 26.4 Å². The Balaban J connectivity index is 1.95. The van der Waals surface area contributed by atoms with Crippen molar-refractivity contribution >= 4 is 35.0 Å². The Morgan fingerprint density at radius 3 is 2.86 bits per heavy atom. The highest BCUT2D eigenvalue weighted by molar-refractivity contribution is 7.99. The minimum Gasteiger partial charge on any atom is -0.325 e. The van der Waals surface area contributed by atoms with Gasteiger partial charge in [0.1, 0.15) is 5.82 Å². The zero-order chi connectivity index (χ0) is 15.9. The van der Waals surface area contributed by atoms with Crippen molar-refractivity contribution in [2.45, 2.75) is 38.4 Å². The number of amides is 1. The van der Waals surface area contributed by atoms with E-state index in [0.717, 1.165) is 30.4 Å². The highest BCUT2D eigenvalue weighted by atomic mass is 35.5. The molecule has 0 aliphatic heterocycles. The third kappa shape index (κ3) is 4.48. The monoisotopic (exact) mass is 338 g/mol. The lowest BCUT2D eigenvalue weighted by molar-refractivity contribution is -0.113. The van der Waals surface area contributed by atoms with Crippen molar-refractivity contribution in [3.63, 3.8) is 0 Å². The van der Waals surface area contributed by atoms with Gasteiger partial charge >= 0.3 is 0 Å². The maximum atomic E-state index is 12.0. The highest BCUT2D eigenvalue weighted by Gasteiger charge is 2.12. The predicted molar refractivity (Wildman–Crippen MR) is 90.5 cm³/mol. The largest absolute Gasteiger partial charge is 0.325 e. The summed E-state index contributed by atoms with van der Waals surface area (Å²) < 4.78 is 2.08. The zero-order valence-corrected chi connectivity index (χ0v) is 14.2. The second kappa shape index (κ2) is 8.19. The number of benzene rings is 1. The molecule has 1 N–H and O–H groups in total. The lowest BCUT2D eigenvalue weighted by Gasteiger charge is -2.08. The van der Waals surface area contributed by atoms with E-state index in [1.807, 2.05) is 6.07 Å². The van der Waals surface area contributed by atoms with Gasteiger partial charge < -0.3 is 9.88 Å². The number of aromatic nitrogens is 3. The Hall–Kier alpha value is -1.53. The van der Waals surface area contributed by atoms with Crippen LogP contribution in [0.3, 0.4) is 0 Å². The number of thioether (sulfide) groups is 1. The molecule has 1 amide bonds. The Morgan fingerprint density at radius 1 is 1.36 bits per heavy atom. The zero-order valence-electron chi connectivity index (χ0n) is 12.7. The number of aryl methyl sites for hydroxylation is 1. The van der Waals surface area contributed by atoms with Gasteiger partial charge in [-0.05, 0) is 24.6 Å². The van der Waals surface area contributed by atoms with Crippen LogP contribution < -0.4 is 5.32 Å². The molecule has 0 aliphatic carbocycles. The molecular formula is C15H19ClN4OS. The number of halogens is 1. The summed E-state index contributed by atoms with van der Waals surface area (Å²) in [4.78, 5) is 12.0. The third-order valence-corrected chi connectivity index (χ3v) is 4.20. The molecule has 0 radical (unpaired) electrons. The standard InChI is InChI=1S/C15H19ClN4OS/c1-3-8-20-13(4-2)18-19-15(20)22-10-14(21)17-12-7-5-6-11(16)9-12/h5-7,9H,3-4,8,10H2,1-2H3,(H,17,21). The predicted octanol–water partition coefficient (Wildman–Crippen LogP) is 3.63. The molecule has 0 saturated carbocycles. The van der Waals surface area contributed by atoms with Crippen LogP contribution in [0.5, 0.6) is 0 Å². The molecule has 2 rings (SSSR count). The lowest BCUT2D eigenvalue weighted by Crippen LogP contribution is -2.14. The van der Waals surface area contributed by atoms with E-state index in [9.17, 15) is 4.79 Å². The average molecular weight is 339 g/mol. The average Bonchev–Trinajstić information content (AvgIpc) is 2.88. The molecule has 2 aromatic rings. The molecular weight excluding hydrogens is 320 g/mol. The molecule has 0 aliphatic rings. The third-order valence-electron chi connectivity index (χ3n) is 3.00. The fourth-order valence-corrected chi connectivity index (χ4v) is 3.00. The molecule has 1 heterocycles. The summed E-state index contributed by atoms with van der Waals surface area (Å²) in [5.74, 6) is 1.16. The molecule has 0 atom stereocenters. The fourth-order valence-electron chi connectivity index (χ4n) is 2.03.